The first-order chi connectivity index (χ1) is 4.30. The summed E-state index contributed by atoms with van der Waals surface area (Å²) in [4.78, 5) is 7.88. The Morgan fingerprint density at radius 3 is 2.00 bits per heavy atom. The Bertz CT molecular complexity index is 178. The molecule has 0 unspecified atom stereocenters. The van der Waals surface area contributed by atoms with E-state index in [0.717, 1.165) is 0 Å². The van der Waals surface area contributed by atoms with Gasteiger partial charge in [-0.2, -0.15) is 0 Å². The van der Waals surface area contributed by atoms with E-state index in [9.17, 15) is 0 Å². The first-order valence-electron chi connectivity index (χ1n) is 2.83. The summed E-state index contributed by atoms with van der Waals surface area (Å²) in [5.41, 5.74) is 5.49. The van der Waals surface area contributed by atoms with Crippen molar-refractivity contribution in [2.45, 2.75) is 13.0 Å². The molecule has 1 aromatic heterocycles. The zero-order chi connectivity index (χ0) is 6.69. The van der Waals surface area contributed by atoms with Crippen molar-refractivity contribution in [2.75, 3.05) is 0 Å². The van der Waals surface area contributed by atoms with Gasteiger partial charge in [-0.1, -0.05) is 0 Å². The molecule has 0 amide bonds. The van der Waals surface area contributed by atoms with Crippen molar-refractivity contribution in [1.29, 1.82) is 0 Å². The molecule has 0 fully saturated rings. The molecule has 0 aliphatic heterocycles. The van der Waals surface area contributed by atoms with Crippen LogP contribution in [0.1, 0.15) is 18.8 Å². The number of hydrogen-bond acceptors (Lipinski definition) is 3. The molecule has 2 N–H and O–H groups in total. The van der Waals surface area contributed by atoms with E-state index in [-0.39, 0.29) is 30.9 Å². The predicted octanol–water partition coefficient (Wildman–Crippen LogP) is 1.34. The third kappa shape index (κ3) is 4.14. The largest absolute Gasteiger partial charge is 0.322 e. The average Bonchev–Trinajstić information content (AvgIpc) is 1.90. The van der Waals surface area contributed by atoms with Crippen LogP contribution in [0.5, 0.6) is 0 Å². The van der Waals surface area contributed by atoms with E-state index in [1.54, 1.807) is 18.5 Å². The van der Waals surface area contributed by atoms with Crippen molar-refractivity contribution in [3.8, 4) is 0 Å². The lowest BCUT2D eigenvalue weighted by molar-refractivity contribution is 0.739. The topological polar surface area (TPSA) is 51.8 Å². The number of rotatable bonds is 1. The highest BCUT2D eigenvalue weighted by Gasteiger charge is 1.97. The van der Waals surface area contributed by atoms with Crippen LogP contribution in [-0.2, 0) is 0 Å². The van der Waals surface area contributed by atoms with Crippen LogP contribution in [0.2, 0.25) is 0 Å². The highest BCUT2D eigenvalue weighted by atomic mass is 35.5. The van der Waals surface area contributed by atoms with Gasteiger partial charge in [-0.15, -0.1) is 24.8 Å². The lowest BCUT2D eigenvalue weighted by Crippen LogP contribution is -2.08. The number of aromatic nitrogens is 2. The van der Waals surface area contributed by atoms with E-state index in [1.165, 1.54) is 0 Å². The van der Waals surface area contributed by atoms with Gasteiger partial charge in [0.2, 0.25) is 0 Å². The van der Waals surface area contributed by atoms with Gasteiger partial charge in [0.25, 0.3) is 0 Å². The first-order valence-corrected chi connectivity index (χ1v) is 2.83. The van der Waals surface area contributed by atoms with Crippen LogP contribution in [0.3, 0.4) is 0 Å². The molecule has 0 saturated carbocycles. The van der Waals surface area contributed by atoms with E-state index in [2.05, 4.69) is 9.97 Å². The molecule has 1 heterocycles. The highest BCUT2D eigenvalue weighted by molar-refractivity contribution is 5.85. The zero-order valence-electron chi connectivity index (χ0n) is 6.10. The monoisotopic (exact) mass is 195 g/mol. The van der Waals surface area contributed by atoms with Gasteiger partial charge in [0, 0.05) is 12.4 Å². The molecule has 0 radical (unpaired) electrons. The minimum absolute atomic E-state index is 0. The fourth-order valence-electron chi connectivity index (χ4n) is 0.546. The van der Waals surface area contributed by atoms with Crippen molar-refractivity contribution in [3.63, 3.8) is 0 Å². The molecule has 64 valence electrons. The van der Waals surface area contributed by atoms with Crippen LogP contribution in [0.25, 0.3) is 0 Å². The Labute approximate surface area is 78.2 Å². The molecule has 5 heteroatoms. The molecular weight excluding hydrogens is 185 g/mol. The van der Waals surface area contributed by atoms with Crippen LogP contribution in [-0.4, -0.2) is 9.97 Å². The maximum Gasteiger partial charge on any atom is 0.144 e. The number of nitrogens with zero attached hydrogens (tertiary/aromatic N) is 2. The lowest BCUT2D eigenvalue weighted by atomic mass is 10.3. The molecule has 1 atom stereocenters. The van der Waals surface area contributed by atoms with Gasteiger partial charge < -0.3 is 5.73 Å². The Balaban J connectivity index is 0. The van der Waals surface area contributed by atoms with Gasteiger partial charge in [0.15, 0.2) is 0 Å². The maximum absolute atomic E-state index is 5.49. The molecule has 0 bridgehead atoms. The summed E-state index contributed by atoms with van der Waals surface area (Å²) in [5, 5.41) is 0. The van der Waals surface area contributed by atoms with E-state index >= 15 is 0 Å². The Kier molecular flexibility index (Phi) is 7.62. The molecule has 0 aliphatic carbocycles. The van der Waals surface area contributed by atoms with Crippen molar-refractivity contribution in [2.24, 2.45) is 5.73 Å². The maximum atomic E-state index is 5.49. The van der Waals surface area contributed by atoms with Gasteiger partial charge >= 0.3 is 0 Å². The summed E-state index contributed by atoms with van der Waals surface area (Å²) >= 11 is 0. The SMILES string of the molecule is C[C@H](N)c1ncccn1.Cl.Cl. The van der Waals surface area contributed by atoms with Gasteiger partial charge in [0.05, 0.1) is 6.04 Å². The lowest BCUT2D eigenvalue weighted by Gasteiger charge is -1.99. The van der Waals surface area contributed by atoms with Crippen molar-refractivity contribution in [1.82, 2.24) is 9.97 Å². The molecule has 1 aromatic rings. The van der Waals surface area contributed by atoms with Crippen LogP contribution in [0.15, 0.2) is 18.5 Å². The van der Waals surface area contributed by atoms with E-state index in [1.807, 2.05) is 6.92 Å². The Morgan fingerprint density at radius 1 is 1.27 bits per heavy atom. The number of nitrogens with two attached hydrogens (primary N) is 1. The fraction of sp³-hybridized carbons (Fsp3) is 0.333. The van der Waals surface area contributed by atoms with Crippen LogP contribution in [0.4, 0.5) is 0 Å². The smallest absolute Gasteiger partial charge is 0.144 e. The van der Waals surface area contributed by atoms with Crippen LogP contribution >= 0.6 is 24.8 Å². The molecule has 0 aliphatic rings. The van der Waals surface area contributed by atoms with Crippen molar-refractivity contribution < 1.29 is 0 Å². The van der Waals surface area contributed by atoms with Crippen molar-refractivity contribution in [3.05, 3.63) is 24.3 Å². The molecular formula is C6H11Cl2N3. The molecule has 0 aromatic carbocycles. The molecule has 11 heavy (non-hydrogen) atoms. The Hall–Kier alpha value is -0.380. The molecule has 0 spiro atoms. The summed E-state index contributed by atoms with van der Waals surface area (Å²) in [5.74, 6) is 0.692. The molecule has 0 saturated heterocycles. The second kappa shape index (κ2) is 6.34. The van der Waals surface area contributed by atoms with E-state index in [4.69, 9.17) is 5.73 Å². The Morgan fingerprint density at radius 2 is 1.73 bits per heavy atom. The quantitative estimate of drug-likeness (QED) is 0.737. The highest BCUT2D eigenvalue weighted by Crippen LogP contribution is 1.97. The van der Waals surface area contributed by atoms with Crippen LogP contribution < -0.4 is 5.73 Å². The van der Waals surface area contributed by atoms with Crippen LogP contribution in [0, 0.1) is 0 Å². The van der Waals surface area contributed by atoms with E-state index < -0.39 is 0 Å². The van der Waals surface area contributed by atoms with Crippen molar-refractivity contribution >= 4 is 24.8 Å². The summed E-state index contributed by atoms with van der Waals surface area (Å²) in [6, 6.07) is 1.71. The normalized spacial score (nSPS) is 10.7. The average molecular weight is 196 g/mol. The zero-order valence-corrected chi connectivity index (χ0v) is 7.73. The second-order valence-electron chi connectivity index (χ2n) is 1.90. The third-order valence-electron chi connectivity index (χ3n) is 0.993. The standard InChI is InChI=1S/C6H9N3.2ClH/c1-5(7)6-8-3-2-4-9-6;;/h2-5H,7H2,1H3;2*1H/t5-;;/m0../s1. The van der Waals surface area contributed by atoms with Gasteiger partial charge in [-0.05, 0) is 13.0 Å². The summed E-state index contributed by atoms with van der Waals surface area (Å²) in [6.45, 7) is 1.86. The summed E-state index contributed by atoms with van der Waals surface area (Å²) in [6.07, 6.45) is 3.37. The van der Waals surface area contributed by atoms with E-state index in [0.29, 0.717) is 5.82 Å². The van der Waals surface area contributed by atoms with Gasteiger partial charge in [-0.3, -0.25) is 0 Å². The fourth-order valence-corrected chi connectivity index (χ4v) is 0.546. The van der Waals surface area contributed by atoms with Gasteiger partial charge in [0.1, 0.15) is 5.82 Å². The summed E-state index contributed by atoms with van der Waals surface area (Å²) < 4.78 is 0. The summed E-state index contributed by atoms with van der Waals surface area (Å²) in [7, 11) is 0. The number of hydrogen-bond donors (Lipinski definition) is 1. The molecule has 1 rings (SSSR count). The minimum Gasteiger partial charge on any atom is -0.322 e. The second-order valence-corrected chi connectivity index (χ2v) is 1.90. The van der Waals surface area contributed by atoms with Gasteiger partial charge in [-0.25, -0.2) is 9.97 Å². The minimum atomic E-state index is -0.0637. The predicted molar refractivity (Wildman–Crippen MR) is 49.1 cm³/mol. The number of halogens is 2. The first kappa shape index (κ1) is 13.2. The third-order valence-corrected chi connectivity index (χ3v) is 0.993. The molecule has 3 nitrogen and oxygen atoms in total.